The molecule has 1 unspecified atom stereocenters. The summed E-state index contributed by atoms with van der Waals surface area (Å²) in [5.41, 5.74) is 0.770. The number of ether oxygens (including phenoxy) is 1. The van der Waals surface area contributed by atoms with E-state index < -0.39 is 0 Å². The standard InChI is InChI=1S/C15H23BrN2O2/c1-10(17-5)12-8-11(16)6-7-13(12)20-9-14(19)18-15(2,3)4/h6-8,10,17H,9H2,1-5H3,(H,18,19). The summed E-state index contributed by atoms with van der Waals surface area (Å²) in [5.74, 6) is 0.600. The Morgan fingerprint density at radius 2 is 2.05 bits per heavy atom. The molecule has 4 nitrogen and oxygen atoms in total. The normalized spacial score (nSPS) is 12.9. The molecule has 1 aromatic carbocycles. The maximum Gasteiger partial charge on any atom is 0.258 e. The summed E-state index contributed by atoms with van der Waals surface area (Å²) in [6.45, 7) is 7.89. The highest BCUT2D eigenvalue weighted by Crippen LogP contribution is 2.28. The second-order valence-electron chi connectivity index (χ2n) is 5.78. The Labute approximate surface area is 129 Å². The van der Waals surface area contributed by atoms with E-state index in [-0.39, 0.29) is 24.1 Å². The second-order valence-corrected chi connectivity index (χ2v) is 6.70. The molecule has 0 fully saturated rings. The van der Waals surface area contributed by atoms with Crippen LogP contribution in [0.3, 0.4) is 0 Å². The van der Waals surface area contributed by atoms with Crippen LogP contribution < -0.4 is 15.4 Å². The Morgan fingerprint density at radius 3 is 2.60 bits per heavy atom. The number of benzene rings is 1. The fourth-order valence-electron chi connectivity index (χ4n) is 1.74. The van der Waals surface area contributed by atoms with E-state index >= 15 is 0 Å². The lowest BCUT2D eigenvalue weighted by Crippen LogP contribution is -2.43. The van der Waals surface area contributed by atoms with Crippen LogP contribution in [0.1, 0.15) is 39.3 Å². The first-order valence-corrected chi connectivity index (χ1v) is 7.43. The minimum absolute atomic E-state index is 0.0162. The summed E-state index contributed by atoms with van der Waals surface area (Å²) in [6, 6.07) is 5.92. The average Bonchev–Trinajstić information content (AvgIpc) is 2.34. The van der Waals surface area contributed by atoms with Crippen LogP contribution in [-0.4, -0.2) is 25.1 Å². The molecule has 1 amide bonds. The molecule has 1 atom stereocenters. The first-order chi connectivity index (χ1) is 9.23. The molecule has 0 saturated carbocycles. The van der Waals surface area contributed by atoms with E-state index in [1.165, 1.54) is 0 Å². The third kappa shape index (κ3) is 5.51. The van der Waals surface area contributed by atoms with Crippen molar-refractivity contribution < 1.29 is 9.53 Å². The summed E-state index contributed by atoms with van der Waals surface area (Å²) < 4.78 is 6.64. The second kappa shape index (κ2) is 7.09. The zero-order valence-corrected chi connectivity index (χ0v) is 14.3. The predicted molar refractivity (Wildman–Crippen MR) is 85.0 cm³/mol. The topological polar surface area (TPSA) is 50.4 Å². The van der Waals surface area contributed by atoms with E-state index in [1.807, 2.05) is 52.9 Å². The van der Waals surface area contributed by atoms with Crippen molar-refractivity contribution in [2.45, 2.75) is 39.3 Å². The van der Waals surface area contributed by atoms with Gasteiger partial charge in [-0.05, 0) is 52.9 Å². The number of nitrogens with one attached hydrogen (secondary N) is 2. The quantitative estimate of drug-likeness (QED) is 0.864. The Balaban J connectivity index is 2.75. The van der Waals surface area contributed by atoms with Crippen LogP contribution in [0.25, 0.3) is 0 Å². The van der Waals surface area contributed by atoms with E-state index in [0.717, 1.165) is 15.8 Å². The summed E-state index contributed by atoms with van der Waals surface area (Å²) in [7, 11) is 1.89. The van der Waals surface area contributed by atoms with Crippen LogP contribution in [0.5, 0.6) is 5.75 Å². The van der Waals surface area contributed by atoms with Crippen molar-refractivity contribution in [3.63, 3.8) is 0 Å². The van der Waals surface area contributed by atoms with E-state index in [9.17, 15) is 4.79 Å². The van der Waals surface area contributed by atoms with Crippen molar-refractivity contribution in [2.75, 3.05) is 13.7 Å². The molecule has 1 rings (SSSR count). The minimum atomic E-state index is -0.249. The molecule has 2 N–H and O–H groups in total. The maximum atomic E-state index is 11.8. The number of hydrogen-bond donors (Lipinski definition) is 2. The lowest BCUT2D eigenvalue weighted by molar-refractivity contribution is -0.124. The monoisotopic (exact) mass is 342 g/mol. The van der Waals surface area contributed by atoms with Crippen molar-refractivity contribution in [3.05, 3.63) is 28.2 Å². The van der Waals surface area contributed by atoms with E-state index in [1.54, 1.807) is 0 Å². The Kier molecular flexibility index (Phi) is 6.02. The fraction of sp³-hybridized carbons (Fsp3) is 0.533. The third-order valence-electron chi connectivity index (χ3n) is 2.74. The molecule has 5 heteroatoms. The first-order valence-electron chi connectivity index (χ1n) is 6.63. The zero-order valence-electron chi connectivity index (χ0n) is 12.7. The Morgan fingerprint density at radius 1 is 1.40 bits per heavy atom. The van der Waals surface area contributed by atoms with Crippen molar-refractivity contribution in [2.24, 2.45) is 0 Å². The highest BCUT2D eigenvalue weighted by atomic mass is 79.9. The van der Waals surface area contributed by atoms with Gasteiger partial charge in [0.05, 0.1) is 0 Å². The molecule has 0 heterocycles. The molecule has 0 aliphatic heterocycles. The molecule has 0 spiro atoms. The molecular weight excluding hydrogens is 320 g/mol. The van der Waals surface area contributed by atoms with Crippen LogP contribution in [0, 0.1) is 0 Å². The molecule has 20 heavy (non-hydrogen) atoms. The number of carbonyl (C=O) groups excluding carboxylic acids is 1. The van der Waals surface area contributed by atoms with Crippen LogP contribution in [0.15, 0.2) is 22.7 Å². The van der Waals surface area contributed by atoms with Gasteiger partial charge in [-0.25, -0.2) is 0 Å². The smallest absolute Gasteiger partial charge is 0.258 e. The highest BCUT2D eigenvalue weighted by Gasteiger charge is 2.16. The number of amides is 1. The van der Waals surface area contributed by atoms with Crippen molar-refractivity contribution in [3.8, 4) is 5.75 Å². The van der Waals surface area contributed by atoms with Gasteiger partial charge in [0, 0.05) is 21.6 Å². The Bertz CT molecular complexity index is 469. The van der Waals surface area contributed by atoms with Crippen molar-refractivity contribution in [1.29, 1.82) is 0 Å². The SMILES string of the molecule is CNC(C)c1cc(Br)ccc1OCC(=O)NC(C)(C)C. The summed E-state index contributed by atoms with van der Waals surface area (Å²) in [4.78, 5) is 11.8. The molecular formula is C15H23BrN2O2. The molecule has 0 radical (unpaired) electrons. The molecule has 0 saturated heterocycles. The molecule has 1 aromatic rings. The summed E-state index contributed by atoms with van der Waals surface area (Å²) in [6.07, 6.45) is 0. The van der Waals surface area contributed by atoms with Gasteiger partial charge in [-0.2, -0.15) is 0 Å². The zero-order chi connectivity index (χ0) is 15.3. The highest BCUT2D eigenvalue weighted by molar-refractivity contribution is 9.10. The molecule has 112 valence electrons. The maximum absolute atomic E-state index is 11.8. The molecule has 0 aliphatic rings. The van der Waals surface area contributed by atoms with Gasteiger partial charge in [0.25, 0.3) is 5.91 Å². The number of carbonyl (C=O) groups is 1. The number of halogens is 1. The molecule has 0 aromatic heterocycles. The van der Waals surface area contributed by atoms with E-state index in [4.69, 9.17) is 4.74 Å². The molecule has 0 bridgehead atoms. The first kappa shape index (κ1) is 17.0. The van der Waals surface area contributed by atoms with Crippen LogP contribution in [0.4, 0.5) is 0 Å². The summed E-state index contributed by atoms with van der Waals surface area (Å²) in [5, 5.41) is 6.05. The van der Waals surface area contributed by atoms with E-state index in [2.05, 4.69) is 26.6 Å². The van der Waals surface area contributed by atoms with Gasteiger partial charge < -0.3 is 15.4 Å². The van der Waals surface area contributed by atoms with Crippen molar-refractivity contribution >= 4 is 21.8 Å². The number of hydrogen-bond acceptors (Lipinski definition) is 3. The lowest BCUT2D eigenvalue weighted by atomic mass is 10.1. The van der Waals surface area contributed by atoms with Gasteiger partial charge in [0.2, 0.25) is 0 Å². The van der Waals surface area contributed by atoms with Crippen LogP contribution in [0.2, 0.25) is 0 Å². The minimum Gasteiger partial charge on any atom is -0.483 e. The van der Waals surface area contributed by atoms with Gasteiger partial charge in [0.1, 0.15) is 5.75 Å². The molecule has 0 aliphatic carbocycles. The largest absolute Gasteiger partial charge is 0.483 e. The summed E-state index contributed by atoms with van der Waals surface area (Å²) >= 11 is 3.45. The predicted octanol–water partition coefficient (Wildman–Crippen LogP) is 3.02. The number of rotatable bonds is 5. The Hall–Kier alpha value is -1.07. The van der Waals surface area contributed by atoms with Gasteiger partial charge in [-0.1, -0.05) is 15.9 Å². The average molecular weight is 343 g/mol. The van der Waals surface area contributed by atoms with Crippen LogP contribution in [-0.2, 0) is 4.79 Å². The van der Waals surface area contributed by atoms with Crippen LogP contribution >= 0.6 is 15.9 Å². The van der Waals surface area contributed by atoms with Gasteiger partial charge in [-0.15, -0.1) is 0 Å². The van der Waals surface area contributed by atoms with Gasteiger partial charge in [0.15, 0.2) is 6.61 Å². The van der Waals surface area contributed by atoms with Gasteiger partial charge >= 0.3 is 0 Å². The van der Waals surface area contributed by atoms with E-state index in [0.29, 0.717) is 0 Å². The third-order valence-corrected chi connectivity index (χ3v) is 3.24. The lowest BCUT2D eigenvalue weighted by Gasteiger charge is -2.21. The van der Waals surface area contributed by atoms with Gasteiger partial charge in [-0.3, -0.25) is 4.79 Å². The fourth-order valence-corrected chi connectivity index (χ4v) is 2.12. The van der Waals surface area contributed by atoms with Crippen molar-refractivity contribution in [1.82, 2.24) is 10.6 Å².